The second-order valence-electron chi connectivity index (χ2n) is 13.0. The molecule has 4 aromatic heterocycles. The summed E-state index contributed by atoms with van der Waals surface area (Å²) in [6, 6.07) is 53.5. The fourth-order valence-electron chi connectivity index (χ4n) is 7.21. The molecule has 6 nitrogen and oxygen atoms in total. The van der Waals surface area contributed by atoms with Gasteiger partial charge in [0.25, 0.3) is 0 Å². The number of furan rings is 1. The van der Waals surface area contributed by atoms with Crippen molar-refractivity contribution in [2.45, 2.75) is 0 Å². The number of fused-ring (bicyclic) bond motifs is 8. The van der Waals surface area contributed by atoms with Gasteiger partial charge in [-0.2, -0.15) is 0 Å². The Labute approximate surface area is 306 Å². The number of aromatic nitrogens is 4. The molecule has 248 valence electrons. The molecule has 7 heteroatoms. The minimum absolute atomic E-state index is 0.569. The Morgan fingerprint density at radius 2 is 1.02 bits per heavy atom. The Kier molecular flexibility index (Phi) is 6.62. The predicted octanol–water partition coefficient (Wildman–Crippen LogP) is 12.6. The molecule has 0 aliphatic carbocycles. The molecule has 0 saturated heterocycles. The van der Waals surface area contributed by atoms with Crippen LogP contribution in [0.25, 0.3) is 110 Å². The molecule has 7 aromatic carbocycles. The van der Waals surface area contributed by atoms with Crippen molar-refractivity contribution >= 4 is 64.5 Å². The molecule has 0 aliphatic heterocycles. The normalized spacial score (nSPS) is 11.8. The summed E-state index contributed by atoms with van der Waals surface area (Å²) in [6.07, 6.45) is 0. The van der Waals surface area contributed by atoms with Gasteiger partial charge in [0.05, 0.1) is 10.9 Å². The molecule has 11 aromatic rings. The largest absolute Gasteiger partial charge is 0.456 e. The van der Waals surface area contributed by atoms with Crippen molar-refractivity contribution in [2.75, 3.05) is 0 Å². The number of hydrogen-bond donors (Lipinski definition) is 0. The van der Waals surface area contributed by atoms with Crippen LogP contribution in [0.3, 0.4) is 0 Å². The van der Waals surface area contributed by atoms with Gasteiger partial charge in [-0.25, -0.2) is 19.9 Å². The number of rotatable bonds is 5. The van der Waals surface area contributed by atoms with Gasteiger partial charge in [-0.3, -0.25) is 0 Å². The Bertz CT molecular complexity index is 3160. The lowest BCUT2D eigenvalue weighted by molar-refractivity contribution is 0.623. The second kappa shape index (κ2) is 11.8. The summed E-state index contributed by atoms with van der Waals surface area (Å²) < 4.78 is 15.4. The predicted molar refractivity (Wildman–Crippen MR) is 215 cm³/mol. The Morgan fingerprint density at radius 1 is 0.415 bits per heavy atom. The van der Waals surface area contributed by atoms with Gasteiger partial charge in [0.2, 0.25) is 5.89 Å². The highest BCUT2D eigenvalue weighted by Crippen LogP contribution is 2.42. The van der Waals surface area contributed by atoms with Gasteiger partial charge >= 0.3 is 0 Å². The number of thiophene rings is 1. The first kappa shape index (κ1) is 29.7. The summed E-state index contributed by atoms with van der Waals surface area (Å²) in [5, 5.41) is 4.21. The zero-order valence-electron chi connectivity index (χ0n) is 28.0. The third kappa shape index (κ3) is 4.93. The smallest absolute Gasteiger partial charge is 0.228 e. The van der Waals surface area contributed by atoms with E-state index in [1.807, 2.05) is 72.8 Å². The molecule has 0 saturated carbocycles. The molecule has 0 fully saturated rings. The maximum absolute atomic E-state index is 6.67. The number of nitrogens with zero attached hydrogens (tertiary/aromatic N) is 4. The topological polar surface area (TPSA) is 77.8 Å². The molecule has 0 aliphatic rings. The summed E-state index contributed by atoms with van der Waals surface area (Å²) in [5.41, 5.74) is 8.86. The SMILES string of the molecule is c1ccc(-c2ccc(-c3nc(-c4ccccc4)nc(-c4ccc5oc6ccc7nc(-c8cccc9c8sc8ccccc89)oc7c6c5c4)n3)cc2)cc1. The van der Waals surface area contributed by atoms with E-state index < -0.39 is 0 Å². The zero-order chi connectivity index (χ0) is 34.9. The minimum atomic E-state index is 0.569. The first-order chi connectivity index (χ1) is 26.2. The van der Waals surface area contributed by atoms with Crippen LogP contribution in [-0.4, -0.2) is 19.9 Å². The van der Waals surface area contributed by atoms with Gasteiger partial charge in [0.15, 0.2) is 23.1 Å². The van der Waals surface area contributed by atoms with Gasteiger partial charge in [0.1, 0.15) is 16.7 Å². The first-order valence-electron chi connectivity index (χ1n) is 17.4. The molecule has 0 radical (unpaired) electrons. The van der Waals surface area contributed by atoms with Crippen LogP contribution in [0.5, 0.6) is 0 Å². The van der Waals surface area contributed by atoms with Crippen LogP contribution in [0.15, 0.2) is 167 Å². The molecule has 0 atom stereocenters. The zero-order valence-corrected chi connectivity index (χ0v) is 28.8. The van der Waals surface area contributed by atoms with Crippen LogP contribution in [0.2, 0.25) is 0 Å². The van der Waals surface area contributed by atoms with Gasteiger partial charge in [-0.05, 0) is 53.6 Å². The highest BCUT2D eigenvalue weighted by Gasteiger charge is 2.20. The van der Waals surface area contributed by atoms with Crippen molar-refractivity contribution in [3.05, 3.63) is 158 Å². The summed E-state index contributed by atoms with van der Waals surface area (Å²) in [6.45, 7) is 0. The van der Waals surface area contributed by atoms with Crippen molar-refractivity contribution in [1.82, 2.24) is 19.9 Å². The van der Waals surface area contributed by atoms with E-state index in [9.17, 15) is 0 Å². The van der Waals surface area contributed by atoms with E-state index in [2.05, 4.69) is 84.9 Å². The van der Waals surface area contributed by atoms with E-state index >= 15 is 0 Å². The quantitative estimate of drug-likeness (QED) is 0.178. The van der Waals surface area contributed by atoms with Crippen LogP contribution in [-0.2, 0) is 0 Å². The van der Waals surface area contributed by atoms with Crippen molar-refractivity contribution in [3.8, 4) is 56.7 Å². The average Bonchev–Trinajstić information content (AvgIpc) is 3.94. The van der Waals surface area contributed by atoms with E-state index in [1.54, 1.807) is 11.3 Å². The Morgan fingerprint density at radius 3 is 1.81 bits per heavy atom. The van der Waals surface area contributed by atoms with E-state index in [0.29, 0.717) is 28.9 Å². The van der Waals surface area contributed by atoms with Gasteiger partial charge in [-0.15, -0.1) is 11.3 Å². The van der Waals surface area contributed by atoms with Crippen molar-refractivity contribution in [1.29, 1.82) is 0 Å². The standard InChI is InChI=1S/C46H26N4O2S/c1-3-10-27(11-4-1)28-18-20-30(21-19-28)44-48-43(29-12-5-2-6-13-29)49-45(50-44)31-22-24-37-35(26-31)40-38(51-37)25-23-36-41(40)52-46(47-36)34-16-9-15-33-32-14-7-8-17-39(32)53-42(33)34/h1-26H. The lowest BCUT2D eigenvalue weighted by Gasteiger charge is -2.09. The lowest BCUT2D eigenvalue weighted by atomic mass is 10.0. The first-order valence-corrected chi connectivity index (χ1v) is 18.2. The molecule has 0 amide bonds. The van der Waals surface area contributed by atoms with E-state index in [1.165, 1.54) is 15.5 Å². The monoisotopic (exact) mass is 698 g/mol. The fourth-order valence-corrected chi connectivity index (χ4v) is 8.42. The molecular formula is C46H26N4O2S. The molecular weight excluding hydrogens is 673 g/mol. The van der Waals surface area contributed by atoms with Crippen LogP contribution < -0.4 is 0 Å². The van der Waals surface area contributed by atoms with Crippen molar-refractivity contribution in [2.24, 2.45) is 0 Å². The van der Waals surface area contributed by atoms with Crippen LogP contribution in [0, 0.1) is 0 Å². The van der Waals surface area contributed by atoms with E-state index in [0.717, 1.165) is 65.5 Å². The van der Waals surface area contributed by atoms with Crippen molar-refractivity contribution < 1.29 is 8.83 Å². The number of oxazole rings is 1. The van der Waals surface area contributed by atoms with Crippen LogP contribution >= 0.6 is 11.3 Å². The molecule has 4 heterocycles. The summed E-state index contributed by atoms with van der Waals surface area (Å²) in [4.78, 5) is 20.0. The maximum atomic E-state index is 6.67. The molecule has 53 heavy (non-hydrogen) atoms. The third-order valence-electron chi connectivity index (χ3n) is 9.80. The van der Waals surface area contributed by atoms with Gasteiger partial charge in [-0.1, -0.05) is 115 Å². The molecule has 0 N–H and O–H groups in total. The van der Waals surface area contributed by atoms with Gasteiger partial charge in [0, 0.05) is 42.2 Å². The molecule has 0 unspecified atom stereocenters. The number of benzene rings is 7. The minimum Gasteiger partial charge on any atom is -0.456 e. The van der Waals surface area contributed by atoms with E-state index in [4.69, 9.17) is 28.8 Å². The van der Waals surface area contributed by atoms with Crippen LogP contribution in [0.1, 0.15) is 0 Å². The summed E-state index contributed by atoms with van der Waals surface area (Å²) in [7, 11) is 0. The summed E-state index contributed by atoms with van der Waals surface area (Å²) >= 11 is 1.76. The molecule has 0 spiro atoms. The highest BCUT2D eigenvalue weighted by molar-refractivity contribution is 7.26. The second-order valence-corrected chi connectivity index (χ2v) is 14.1. The Hall–Kier alpha value is -6.96. The number of hydrogen-bond acceptors (Lipinski definition) is 7. The molecule has 0 bridgehead atoms. The summed E-state index contributed by atoms with van der Waals surface area (Å²) in [5.74, 6) is 2.36. The third-order valence-corrected chi connectivity index (χ3v) is 11.0. The van der Waals surface area contributed by atoms with Gasteiger partial charge < -0.3 is 8.83 Å². The lowest BCUT2D eigenvalue weighted by Crippen LogP contribution is -2.00. The fraction of sp³-hybridized carbons (Fsp3) is 0. The Balaban J connectivity index is 1.06. The molecule has 11 rings (SSSR count). The average molecular weight is 699 g/mol. The highest BCUT2D eigenvalue weighted by atomic mass is 32.1. The maximum Gasteiger partial charge on any atom is 0.228 e. The van der Waals surface area contributed by atoms with E-state index in [-0.39, 0.29) is 0 Å². The van der Waals surface area contributed by atoms with Crippen LogP contribution in [0.4, 0.5) is 0 Å². The van der Waals surface area contributed by atoms with Crippen molar-refractivity contribution in [3.63, 3.8) is 0 Å².